The zero-order chi connectivity index (χ0) is 20.7. The van der Waals surface area contributed by atoms with Crippen LogP contribution in [-0.2, 0) is 0 Å². The summed E-state index contributed by atoms with van der Waals surface area (Å²) < 4.78 is 13.8. The summed E-state index contributed by atoms with van der Waals surface area (Å²) in [4.78, 5) is 25.3. The van der Waals surface area contributed by atoms with E-state index < -0.39 is 5.82 Å². The molecule has 2 aromatic carbocycles. The normalized spacial score (nSPS) is 11.7. The van der Waals surface area contributed by atoms with E-state index in [-0.39, 0.29) is 10.6 Å². The van der Waals surface area contributed by atoms with Crippen molar-refractivity contribution in [3.05, 3.63) is 56.5 Å². The number of nitrogens with zero attached hydrogens (tertiary/aromatic N) is 2. The van der Waals surface area contributed by atoms with Gasteiger partial charge in [-0.25, -0.2) is 9.37 Å². The van der Waals surface area contributed by atoms with E-state index in [9.17, 15) is 9.18 Å². The number of hydrogen-bond acceptors (Lipinski definition) is 4. The molecule has 29 heavy (non-hydrogen) atoms. The Hall–Kier alpha value is -2.61. The molecular formula is C20H18Cl2FN5O. The molecule has 4 aromatic rings. The van der Waals surface area contributed by atoms with E-state index in [1.165, 1.54) is 12.1 Å². The largest absolute Gasteiger partial charge is 0.382 e. The molecule has 0 bridgehead atoms. The third-order valence-electron chi connectivity index (χ3n) is 4.60. The lowest BCUT2D eigenvalue weighted by atomic mass is 10.1. The highest BCUT2D eigenvalue weighted by Crippen LogP contribution is 2.33. The van der Waals surface area contributed by atoms with Crippen molar-refractivity contribution in [2.75, 3.05) is 32.5 Å². The molecule has 0 saturated carbocycles. The van der Waals surface area contributed by atoms with Gasteiger partial charge in [0.1, 0.15) is 17.2 Å². The molecule has 0 aliphatic carbocycles. The zero-order valence-electron chi connectivity index (χ0n) is 15.7. The highest BCUT2D eigenvalue weighted by atomic mass is 35.5. The van der Waals surface area contributed by atoms with E-state index in [0.29, 0.717) is 45.2 Å². The van der Waals surface area contributed by atoms with E-state index in [2.05, 4.69) is 20.3 Å². The van der Waals surface area contributed by atoms with Gasteiger partial charge < -0.3 is 20.2 Å². The van der Waals surface area contributed by atoms with Crippen molar-refractivity contribution in [1.29, 1.82) is 0 Å². The summed E-state index contributed by atoms with van der Waals surface area (Å²) in [6, 6.07) is 7.95. The number of H-pyrrole nitrogens is 2. The molecule has 3 N–H and O–H groups in total. The Balaban J connectivity index is 1.94. The predicted molar refractivity (Wildman–Crippen MR) is 117 cm³/mol. The van der Waals surface area contributed by atoms with Crippen LogP contribution in [0.3, 0.4) is 0 Å². The summed E-state index contributed by atoms with van der Waals surface area (Å²) >= 11 is 12.1. The van der Waals surface area contributed by atoms with E-state index >= 15 is 0 Å². The second-order valence-corrected chi connectivity index (χ2v) is 7.84. The van der Waals surface area contributed by atoms with Gasteiger partial charge in [-0.05, 0) is 38.4 Å². The first-order valence-corrected chi connectivity index (χ1v) is 9.68. The maximum absolute atomic E-state index is 13.8. The van der Waals surface area contributed by atoms with Crippen LogP contribution < -0.4 is 10.9 Å². The van der Waals surface area contributed by atoms with Gasteiger partial charge in [0.15, 0.2) is 0 Å². The molecule has 0 aliphatic heterocycles. The number of anilines is 1. The fourth-order valence-corrected chi connectivity index (χ4v) is 3.54. The number of halogens is 3. The topological polar surface area (TPSA) is 76.8 Å². The summed E-state index contributed by atoms with van der Waals surface area (Å²) in [5.41, 5.74) is 2.19. The number of rotatable bonds is 5. The molecular weight excluding hydrogens is 416 g/mol. The average Bonchev–Trinajstić information content (AvgIpc) is 3.04. The number of hydrogen-bond donors (Lipinski definition) is 3. The SMILES string of the molecule is CN(C)CCNc1c(-c2nc3cc(F)c(Cl)cc3[nH]2)c(=O)[nH]c2ccc(Cl)cc12. The number of fused-ring (bicyclic) bond motifs is 2. The van der Waals surface area contributed by atoms with Crippen LogP contribution in [0.1, 0.15) is 0 Å². The molecule has 4 rings (SSSR count). The maximum atomic E-state index is 13.8. The van der Waals surface area contributed by atoms with E-state index in [1.807, 2.05) is 19.0 Å². The zero-order valence-corrected chi connectivity index (χ0v) is 17.2. The number of likely N-dealkylation sites (N-methyl/N-ethyl adjacent to an activating group) is 1. The Morgan fingerprint density at radius 3 is 2.69 bits per heavy atom. The lowest BCUT2D eigenvalue weighted by molar-refractivity contribution is 0.425. The van der Waals surface area contributed by atoms with Gasteiger partial charge in [-0.2, -0.15) is 0 Å². The van der Waals surface area contributed by atoms with Gasteiger partial charge in [0, 0.05) is 29.6 Å². The number of nitrogens with one attached hydrogen (secondary N) is 3. The maximum Gasteiger partial charge on any atom is 0.261 e. The Morgan fingerprint density at radius 2 is 1.93 bits per heavy atom. The first kappa shape index (κ1) is 19.7. The lowest BCUT2D eigenvalue weighted by Gasteiger charge is -2.16. The standard InChI is InChI=1S/C20H18Cl2FN5O/c1-28(2)6-5-24-18-11-7-10(21)3-4-14(11)27-20(29)17(18)19-25-15-8-12(22)13(23)9-16(15)26-19/h3-4,7-9H,5-6H2,1-2H3,(H,25,26)(H2,24,27,29). The van der Waals surface area contributed by atoms with E-state index in [0.717, 1.165) is 11.9 Å². The molecule has 2 aromatic heterocycles. The summed E-state index contributed by atoms with van der Waals surface area (Å²) in [5.74, 6) is -0.252. The molecule has 6 nitrogen and oxygen atoms in total. The summed E-state index contributed by atoms with van der Waals surface area (Å²) in [6.07, 6.45) is 0. The molecule has 0 saturated heterocycles. The molecule has 0 aliphatic rings. The fourth-order valence-electron chi connectivity index (χ4n) is 3.20. The Morgan fingerprint density at radius 1 is 1.14 bits per heavy atom. The fraction of sp³-hybridized carbons (Fsp3) is 0.200. The van der Waals surface area contributed by atoms with Crippen LogP contribution in [0, 0.1) is 5.82 Å². The first-order chi connectivity index (χ1) is 13.8. The summed E-state index contributed by atoms with van der Waals surface area (Å²) in [5, 5.41) is 4.63. The van der Waals surface area contributed by atoms with Gasteiger partial charge in [0.2, 0.25) is 0 Å². The Kier molecular flexibility index (Phi) is 5.21. The van der Waals surface area contributed by atoms with Crippen LogP contribution >= 0.6 is 23.2 Å². The molecule has 2 heterocycles. The summed E-state index contributed by atoms with van der Waals surface area (Å²) in [7, 11) is 3.93. The minimum absolute atomic E-state index is 0.0174. The highest BCUT2D eigenvalue weighted by molar-refractivity contribution is 6.31. The molecule has 0 radical (unpaired) electrons. The van der Waals surface area contributed by atoms with Gasteiger partial charge in [0.25, 0.3) is 5.56 Å². The van der Waals surface area contributed by atoms with E-state index in [1.54, 1.807) is 18.2 Å². The van der Waals surface area contributed by atoms with Crippen LogP contribution in [0.4, 0.5) is 10.1 Å². The number of aromatic amines is 2. The van der Waals surface area contributed by atoms with E-state index in [4.69, 9.17) is 23.2 Å². The molecule has 0 fully saturated rings. The lowest BCUT2D eigenvalue weighted by Crippen LogP contribution is -2.22. The van der Waals surface area contributed by atoms with Crippen LogP contribution in [-0.4, -0.2) is 47.0 Å². The molecule has 0 amide bonds. The third-order valence-corrected chi connectivity index (χ3v) is 5.12. The van der Waals surface area contributed by atoms with Crippen LogP contribution in [0.25, 0.3) is 33.3 Å². The van der Waals surface area contributed by atoms with Crippen molar-refractivity contribution < 1.29 is 4.39 Å². The number of aromatic nitrogens is 3. The third kappa shape index (κ3) is 3.81. The Labute approximate surface area is 175 Å². The number of imidazole rings is 1. The molecule has 9 heteroatoms. The van der Waals surface area contributed by atoms with Gasteiger partial charge in [-0.15, -0.1) is 0 Å². The number of benzene rings is 2. The molecule has 0 atom stereocenters. The molecule has 150 valence electrons. The highest BCUT2D eigenvalue weighted by Gasteiger charge is 2.19. The smallest absolute Gasteiger partial charge is 0.261 e. The van der Waals surface area contributed by atoms with Crippen molar-refractivity contribution >= 4 is 50.8 Å². The van der Waals surface area contributed by atoms with Gasteiger partial charge in [0.05, 0.1) is 27.3 Å². The van der Waals surface area contributed by atoms with Gasteiger partial charge in [-0.1, -0.05) is 23.2 Å². The molecule has 0 spiro atoms. The van der Waals surface area contributed by atoms with Crippen LogP contribution in [0.15, 0.2) is 35.1 Å². The van der Waals surface area contributed by atoms with Gasteiger partial charge >= 0.3 is 0 Å². The summed E-state index contributed by atoms with van der Waals surface area (Å²) in [6.45, 7) is 1.36. The quantitative estimate of drug-likeness (QED) is 0.433. The average molecular weight is 434 g/mol. The van der Waals surface area contributed by atoms with Crippen molar-refractivity contribution in [1.82, 2.24) is 19.9 Å². The second kappa shape index (κ2) is 7.67. The van der Waals surface area contributed by atoms with Crippen LogP contribution in [0.5, 0.6) is 0 Å². The van der Waals surface area contributed by atoms with Crippen LogP contribution in [0.2, 0.25) is 10.0 Å². The van der Waals surface area contributed by atoms with Crippen molar-refractivity contribution in [2.24, 2.45) is 0 Å². The predicted octanol–water partition coefficient (Wildman–Crippen LogP) is 4.49. The first-order valence-electron chi connectivity index (χ1n) is 8.93. The van der Waals surface area contributed by atoms with Gasteiger partial charge in [-0.3, -0.25) is 4.79 Å². The minimum atomic E-state index is -0.569. The Bertz CT molecular complexity index is 1240. The minimum Gasteiger partial charge on any atom is -0.382 e. The number of pyridine rings is 1. The van der Waals surface area contributed by atoms with Crippen molar-refractivity contribution in [3.8, 4) is 11.4 Å². The monoisotopic (exact) mass is 433 g/mol. The van der Waals surface area contributed by atoms with Crippen molar-refractivity contribution in [3.63, 3.8) is 0 Å². The second-order valence-electron chi connectivity index (χ2n) is 6.99. The van der Waals surface area contributed by atoms with Crippen molar-refractivity contribution in [2.45, 2.75) is 0 Å². The molecule has 0 unspecified atom stereocenters.